The van der Waals surface area contributed by atoms with Crippen LogP contribution in [-0.4, -0.2) is 0 Å². The Morgan fingerprint density at radius 1 is 0.423 bits per heavy atom. The summed E-state index contributed by atoms with van der Waals surface area (Å²) in [6.45, 7) is 0. The first kappa shape index (κ1) is 16.0. The summed E-state index contributed by atoms with van der Waals surface area (Å²) >= 11 is 0. The van der Waals surface area contributed by atoms with Crippen molar-refractivity contribution in [3.8, 4) is 22.3 Å². The van der Waals surface area contributed by atoms with Crippen LogP contribution in [0.15, 0.2) is 103 Å². The van der Waals surface area contributed by atoms with Crippen LogP contribution in [0.1, 0.15) is 0 Å². The predicted octanol–water partition coefficient (Wildman–Crippen LogP) is 6.35. The van der Waals surface area contributed by atoms with Gasteiger partial charge in [-0.3, -0.25) is 0 Å². The number of nitrogen functional groups attached to an aromatic ring is 1. The quantitative estimate of drug-likeness (QED) is 0.426. The van der Waals surface area contributed by atoms with E-state index in [-0.39, 0.29) is 0 Å². The zero-order chi connectivity index (χ0) is 17.8. The summed E-state index contributed by atoms with van der Waals surface area (Å²) in [4.78, 5) is 0. The summed E-state index contributed by atoms with van der Waals surface area (Å²) < 4.78 is 0. The maximum absolute atomic E-state index is 5.75. The maximum Gasteiger partial charge on any atom is 0.0384 e. The summed E-state index contributed by atoms with van der Waals surface area (Å²) in [5.74, 6) is 0. The summed E-state index contributed by atoms with van der Waals surface area (Å²) in [6.07, 6.45) is 0. The summed E-state index contributed by atoms with van der Waals surface area (Å²) in [5.41, 5.74) is 13.5. The van der Waals surface area contributed by atoms with Crippen molar-refractivity contribution in [2.45, 2.75) is 0 Å². The standard InChI is InChI=1S/C24H20N2/c25-22-12-6-19(7-13-22)21-10-16-24(17-11-21)26-23-14-8-20(9-15-23)18-4-2-1-3-5-18/h1-17,26H,25H2. The molecule has 2 heteroatoms. The minimum Gasteiger partial charge on any atom is -0.399 e. The fourth-order valence-corrected chi connectivity index (χ4v) is 2.96. The predicted molar refractivity (Wildman–Crippen MR) is 111 cm³/mol. The molecule has 0 saturated carbocycles. The Bertz CT molecular complexity index is 971. The van der Waals surface area contributed by atoms with Crippen LogP contribution in [0.25, 0.3) is 22.3 Å². The molecule has 4 aromatic carbocycles. The van der Waals surface area contributed by atoms with Crippen LogP contribution in [-0.2, 0) is 0 Å². The van der Waals surface area contributed by atoms with Crippen LogP contribution in [0.2, 0.25) is 0 Å². The molecule has 0 amide bonds. The van der Waals surface area contributed by atoms with E-state index in [9.17, 15) is 0 Å². The third-order valence-electron chi connectivity index (χ3n) is 4.41. The van der Waals surface area contributed by atoms with Crippen molar-refractivity contribution in [3.05, 3.63) is 103 Å². The van der Waals surface area contributed by atoms with Crippen molar-refractivity contribution in [1.82, 2.24) is 0 Å². The van der Waals surface area contributed by atoms with E-state index in [1.807, 2.05) is 30.3 Å². The van der Waals surface area contributed by atoms with Gasteiger partial charge in [0.1, 0.15) is 0 Å². The first-order chi connectivity index (χ1) is 12.8. The SMILES string of the molecule is Nc1ccc(-c2ccc(Nc3ccc(-c4ccccc4)cc3)cc2)cc1. The topological polar surface area (TPSA) is 38.0 Å². The van der Waals surface area contributed by atoms with Crippen molar-refractivity contribution >= 4 is 17.1 Å². The van der Waals surface area contributed by atoms with Crippen molar-refractivity contribution in [3.63, 3.8) is 0 Å². The van der Waals surface area contributed by atoms with Crippen LogP contribution in [0.3, 0.4) is 0 Å². The molecule has 0 atom stereocenters. The molecule has 26 heavy (non-hydrogen) atoms. The first-order valence-corrected chi connectivity index (χ1v) is 8.66. The Morgan fingerprint density at radius 2 is 0.808 bits per heavy atom. The van der Waals surface area contributed by atoms with Crippen LogP contribution in [0.5, 0.6) is 0 Å². The van der Waals surface area contributed by atoms with E-state index in [2.05, 4.69) is 78.1 Å². The van der Waals surface area contributed by atoms with E-state index in [1.165, 1.54) is 16.7 Å². The molecule has 4 rings (SSSR count). The molecule has 4 aromatic rings. The van der Waals surface area contributed by atoms with Gasteiger partial charge in [-0.25, -0.2) is 0 Å². The number of rotatable bonds is 4. The molecule has 0 aliphatic heterocycles. The second-order valence-corrected chi connectivity index (χ2v) is 6.27. The molecular formula is C24H20N2. The van der Waals surface area contributed by atoms with Gasteiger partial charge < -0.3 is 11.1 Å². The molecule has 0 fully saturated rings. The molecule has 0 aliphatic carbocycles. The smallest absolute Gasteiger partial charge is 0.0384 e. The highest BCUT2D eigenvalue weighted by atomic mass is 14.9. The fraction of sp³-hybridized carbons (Fsp3) is 0. The van der Waals surface area contributed by atoms with E-state index in [4.69, 9.17) is 5.73 Å². The van der Waals surface area contributed by atoms with Gasteiger partial charge in [-0.15, -0.1) is 0 Å². The van der Waals surface area contributed by atoms with E-state index < -0.39 is 0 Å². The molecule has 0 unspecified atom stereocenters. The third-order valence-corrected chi connectivity index (χ3v) is 4.41. The minimum absolute atomic E-state index is 0.783. The van der Waals surface area contributed by atoms with Gasteiger partial charge in [0, 0.05) is 17.1 Å². The van der Waals surface area contributed by atoms with Gasteiger partial charge in [-0.05, 0) is 58.7 Å². The molecule has 0 saturated heterocycles. The van der Waals surface area contributed by atoms with Gasteiger partial charge in [-0.2, -0.15) is 0 Å². The Balaban J connectivity index is 1.48. The van der Waals surface area contributed by atoms with Gasteiger partial charge in [0.05, 0.1) is 0 Å². The number of nitrogens with one attached hydrogen (secondary N) is 1. The van der Waals surface area contributed by atoms with Gasteiger partial charge in [0.15, 0.2) is 0 Å². The van der Waals surface area contributed by atoms with Crippen molar-refractivity contribution in [1.29, 1.82) is 0 Å². The Morgan fingerprint density at radius 3 is 1.27 bits per heavy atom. The van der Waals surface area contributed by atoms with Gasteiger partial charge in [0.2, 0.25) is 0 Å². The van der Waals surface area contributed by atoms with E-state index in [0.717, 1.165) is 22.6 Å². The van der Waals surface area contributed by atoms with E-state index >= 15 is 0 Å². The normalized spacial score (nSPS) is 10.5. The molecule has 0 heterocycles. The van der Waals surface area contributed by atoms with Gasteiger partial charge in [0.25, 0.3) is 0 Å². The molecule has 2 nitrogen and oxygen atoms in total. The molecule has 3 N–H and O–H groups in total. The lowest BCUT2D eigenvalue weighted by Gasteiger charge is -2.09. The number of hydrogen-bond acceptors (Lipinski definition) is 2. The Hall–Kier alpha value is -3.52. The lowest BCUT2D eigenvalue weighted by Crippen LogP contribution is -1.90. The molecule has 0 radical (unpaired) electrons. The highest BCUT2D eigenvalue weighted by molar-refractivity contribution is 5.71. The molecule has 0 aliphatic rings. The summed E-state index contributed by atoms with van der Waals surface area (Å²) in [6, 6.07) is 35.3. The van der Waals surface area contributed by atoms with Crippen molar-refractivity contribution in [2.24, 2.45) is 0 Å². The van der Waals surface area contributed by atoms with Crippen LogP contribution in [0, 0.1) is 0 Å². The second-order valence-electron chi connectivity index (χ2n) is 6.27. The number of anilines is 3. The molecule has 0 aromatic heterocycles. The van der Waals surface area contributed by atoms with Crippen LogP contribution >= 0.6 is 0 Å². The number of hydrogen-bond donors (Lipinski definition) is 2. The Labute approximate surface area is 153 Å². The average molecular weight is 336 g/mol. The van der Waals surface area contributed by atoms with Crippen molar-refractivity contribution < 1.29 is 0 Å². The first-order valence-electron chi connectivity index (χ1n) is 8.66. The molecule has 0 bridgehead atoms. The third kappa shape index (κ3) is 3.60. The van der Waals surface area contributed by atoms with E-state index in [0.29, 0.717) is 0 Å². The van der Waals surface area contributed by atoms with Crippen LogP contribution < -0.4 is 11.1 Å². The summed E-state index contributed by atoms with van der Waals surface area (Å²) in [5, 5.41) is 3.45. The molecule has 0 spiro atoms. The number of benzene rings is 4. The fourth-order valence-electron chi connectivity index (χ4n) is 2.96. The molecular weight excluding hydrogens is 316 g/mol. The summed E-state index contributed by atoms with van der Waals surface area (Å²) in [7, 11) is 0. The van der Waals surface area contributed by atoms with Gasteiger partial charge in [-0.1, -0.05) is 66.7 Å². The number of nitrogens with two attached hydrogens (primary N) is 1. The lowest BCUT2D eigenvalue weighted by molar-refractivity contribution is 1.53. The van der Waals surface area contributed by atoms with Crippen molar-refractivity contribution in [2.75, 3.05) is 11.1 Å². The monoisotopic (exact) mass is 336 g/mol. The highest BCUT2D eigenvalue weighted by Crippen LogP contribution is 2.26. The maximum atomic E-state index is 5.75. The second kappa shape index (κ2) is 7.16. The zero-order valence-corrected chi connectivity index (χ0v) is 14.4. The molecule has 126 valence electrons. The van der Waals surface area contributed by atoms with Gasteiger partial charge >= 0.3 is 0 Å². The minimum atomic E-state index is 0.783. The average Bonchev–Trinajstić information content (AvgIpc) is 2.71. The van der Waals surface area contributed by atoms with E-state index in [1.54, 1.807) is 0 Å². The highest BCUT2D eigenvalue weighted by Gasteiger charge is 2.00. The Kier molecular flexibility index (Phi) is 4.40. The largest absolute Gasteiger partial charge is 0.399 e. The zero-order valence-electron chi connectivity index (χ0n) is 14.4. The lowest BCUT2D eigenvalue weighted by atomic mass is 10.0. The van der Waals surface area contributed by atoms with Crippen LogP contribution in [0.4, 0.5) is 17.1 Å².